The van der Waals surface area contributed by atoms with Gasteiger partial charge in [0, 0.05) is 12.5 Å². The van der Waals surface area contributed by atoms with Crippen molar-refractivity contribution in [1.82, 2.24) is 0 Å². The van der Waals surface area contributed by atoms with Crippen LogP contribution in [0.15, 0.2) is 18.2 Å². The molecule has 1 amide bonds. The Labute approximate surface area is 111 Å². The van der Waals surface area contributed by atoms with Gasteiger partial charge in [-0.2, -0.15) is 0 Å². The highest BCUT2D eigenvalue weighted by Crippen LogP contribution is 2.29. The molecule has 0 aliphatic carbocycles. The maximum absolute atomic E-state index is 11.7. The molecule has 0 aromatic heterocycles. The second-order valence-electron chi connectivity index (χ2n) is 4.06. The lowest BCUT2D eigenvalue weighted by Gasteiger charge is -2.12. The predicted molar refractivity (Wildman–Crippen MR) is 69.6 cm³/mol. The Balaban J connectivity index is 2.76. The number of carboxylic acid groups (broad SMARTS) is 1. The molecule has 0 spiro atoms. The fourth-order valence-electron chi connectivity index (χ4n) is 1.47. The molecule has 1 aromatic carbocycles. The van der Waals surface area contributed by atoms with Gasteiger partial charge >= 0.3 is 5.97 Å². The Morgan fingerprint density at radius 2 is 2.00 bits per heavy atom. The van der Waals surface area contributed by atoms with Crippen LogP contribution in [-0.2, 0) is 9.59 Å². The maximum atomic E-state index is 11.7. The number of anilines is 1. The summed E-state index contributed by atoms with van der Waals surface area (Å²) in [5.74, 6) is -1.05. The number of benzene rings is 1. The van der Waals surface area contributed by atoms with E-state index in [4.69, 9.17) is 14.6 Å². The summed E-state index contributed by atoms with van der Waals surface area (Å²) in [5.41, 5.74) is 0.478. The first-order chi connectivity index (χ1) is 8.97. The van der Waals surface area contributed by atoms with Crippen molar-refractivity contribution in [2.45, 2.75) is 13.3 Å². The Bertz CT molecular complexity index is 472. The average Bonchev–Trinajstić information content (AvgIpc) is 2.38. The zero-order chi connectivity index (χ0) is 14.4. The van der Waals surface area contributed by atoms with Gasteiger partial charge in [0.1, 0.15) is 11.5 Å². The summed E-state index contributed by atoms with van der Waals surface area (Å²) in [7, 11) is 3.01. The zero-order valence-electron chi connectivity index (χ0n) is 11.1. The van der Waals surface area contributed by atoms with Gasteiger partial charge in [0.15, 0.2) is 0 Å². The topological polar surface area (TPSA) is 84.9 Å². The molecule has 1 atom stereocenters. The van der Waals surface area contributed by atoms with E-state index in [0.717, 1.165) is 0 Å². The van der Waals surface area contributed by atoms with Crippen molar-refractivity contribution in [3.05, 3.63) is 18.2 Å². The van der Waals surface area contributed by atoms with E-state index in [1.165, 1.54) is 21.1 Å². The lowest BCUT2D eigenvalue weighted by atomic mass is 10.1. The summed E-state index contributed by atoms with van der Waals surface area (Å²) in [4.78, 5) is 22.4. The van der Waals surface area contributed by atoms with Crippen LogP contribution in [0, 0.1) is 5.92 Å². The van der Waals surface area contributed by atoms with Crippen molar-refractivity contribution in [3.63, 3.8) is 0 Å². The Kier molecular flexibility index (Phi) is 5.17. The summed E-state index contributed by atoms with van der Waals surface area (Å²) in [6, 6.07) is 4.95. The fourth-order valence-corrected chi connectivity index (χ4v) is 1.47. The average molecular weight is 267 g/mol. The van der Waals surface area contributed by atoms with Crippen LogP contribution >= 0.6 is 0 Å². The smallest absolute Gasteiger partial charge is 0.306 e. The van der Waals surface area contributed by atoms with E-state index < -0.39 is 11.9 Å². The molecule has 0 radical (unpaired) electrons. The van der Waals surface area contributed by atoms with Crippen LogP contribution in [0.4, 0.5) is 5.69 Å². The molecule has 104 valence electrons. The molecule has 0 fully saturated rings. The fraction of sp³-hybridized carbons (Fsp3) is 0.385. The number of rotatable bonds is 6. The van der Waals surface area contributed by atoms with E-state index >= 15 is 0 Å². The number of carboxylic acids is 1. The summed E-state index contributed by atoms with van der Waals surface area (Å²) in [5, 5.41) is 11.4. The van der Waals surface area contributed by atoms with Gasteiger partial charge in [-0.3, -0.25) is 9.59 Å². The second kappa shape index (κ2) is 6.63. The number of nitrogens with one attached hydrogen (secondary N) is 1. The molecule has 0 saturated heterocycles. The van der Waals surface area contributed by atoms with E-state index in [9.17, 15) is 9.59 Å². The van der Waals surface area contributed by atoms with Crippen molar-refractivity contribution < 1.29 is 24.2 Å². The normalized spacial score (nSPS) is 11.5. The van der Waals surface area contributed by atoms with Crippen molar-refractivity contribution in [1.29, 1.82) is 0 Å². The number of carbonyl (C=O) groups excluding carboxylic acids is 1. The standard InChI is InChI=1S/C13H17NO5/c1-8(13(16)17)6-12(15)14-10-5-4-9(18-2)7-11(10)19-3/h4-5,7-8H,6H2,1-3H3,(H,14,15)(H,16,17). The molecule has 1 rings (SSSR count). The van der Waals surface area contributed by atoms with Gasteiger partial charge in [-0.25, -0.2) is 0 Å². The first kappa shape index (κ1) is 14.8. The molecule has 1 unspecified atom stereocenters. The number of aliphatic carboxylic acids is 1. The van der Waals surface area contributed by atoms with Gasteiger partial charge in [-0.1, -0.05) is 6.92 Å². The minimum atomic E-state index is -1.00. The lowest BCUT2D eigenvalue weighted by molar-refractivity contribution is -0.142. The van der Waals surface area contributed by atoms with Crippen LogP contribution in [0.1, 0.15) is 13.3 Å². The summed E-state index contributed by atoms with van der Waals surface area (Å²) in [6.07, 6.45) is -0.0927. The van der Waals surface area contributed by atoms with Gasteiger partial charge in [0.25, 0.3) is 0 Å². The minimum absolute atomic E-state index is 0.0927. The van der Waals surface area contributed by atoms with E-state index in [-0.39, 0.29) is 12.3 Å². The first-order valence-corrected chi connectivity index (χ1v) is 5.72. The van der Waals surface area contributed by atoms with Crippen LogP contribution in [0.5, 0.6) is 11.5 Å². The maximum Gasteiger partial charge on any atom is 0.306 e. The molecule has 0 aliphatic heterocycles. The Morgan fingerprint density at radius 3 is 2.53 bits per heavy atom. The molecule has 6 nitrogen and oxygen atoms in total. The van der Waals surface area contributed by atoms with Crippen LogP contribution in [0.2, 0.25) is 0 Å². The quantitative estimate of drug-likeness (QED) is 0.820. The molecule has 0 heterocycles. The molecule has 0 aliphatic rings. The van der Waals surface area contributed by atoms with Crippen molar-refractivity contribution in [2.24, 2.45) is 5.92 Å². The van der Waals surface area contributed by atoms with Crippen LogP contribution < -0.4 is 14.8 Å². The zero-order valence-corrected chi connectivity index (χ0v) is 11.1. The van der Waals surface area contributed by atoms with Gasteiger partial charge < -0.3 is 19.9 Å². The van der Waals surface area contributed by atoms with Gasteiger partial charge in [0.05, 0.1) is 25.8 Å². The molecule has 6 heteroatoms. The molecule has 19 heavy (non-hydrogen) atoms. The van der Waals surface area contributed by atoms with Gasteiger partial charge in [-0.15, -0.1) is 0 Å². The Hall–Kier alpha value is -2.24. The Morgan fingerprint density at radius 1 is 1.32 bits per heavy atom. The highest BCUT2D eigenvalue weighted by atomic mass is 16.5. The van der Waals surface area contributed by atoms with Crippen LogP contribution in [0.25, 0.3) is 0 Å². The third-order valence-corrected chi connectivity index (χ3v) is 2.60. The van der Waals surface area contributed by atoms with Gasteiger partial charge in [0.2, 0.25) is 5.91 Å². The molecule has 0 bridgehead atoms. The highest BCUT2D eigenvalue weighted by Gasteiger charge is 2.17. The van der Waals surface area contributed by atoms with E-state index in [0.29, 0.717) is 17.2 Å². The SMILES string of the molecule is COc1ccc(NC(=O)CC(C)C(=O)O)c(OC)c1. The number of ether oxygens (including phenoxy) is 2. The first-order valence-electron chi connectivity index (χ1n) is 5.72. The molecule has 1 aromatic rings. The highest BCUT2D eigenvalue weighted by molar-refractivity contribution is 5.94. The molecule has 2 N–H and O–H groups in total. The minimum Gasteiger partial charge on any atom is -0.497 e. The number of carbonyl (C=O) groups is 2. The summed E-state index contributed by atoms with van der Waals surface area (Å²) >= 11 is 0. The monoisotopic (exact) mass is 267 g/mol. The largest absolute Gasteiger partial charge is 0.497 e. The number of methoxy groups -OCH3 is 2. The third-order valence-electron chi connectivity index (χ3n) is 2.60. The number of hydrogen-bond acceptors (Lipinski definition) is 4. The van der Waals surface area contributed by atoms with Crippen LogP contribution in [-0.4, -0.2) is 31.2 Å². The second-order valence-corrected chi connectivity index (χ2v) is 4.06. The van der Waals surface area contributed by atoms with E-state index in [1.54, 1.807) is 18.2 Å². The third kappa shape index (κ3) is 4.17. The summed E-state index contributed by atoms with van der Waals surface area (Å²) < 4.78 is 10.2. The lowest BCUT2D eigenvalue weighted by Crippen LogP contribution is -2.20. The molecular weight excluding hydrogens is 250 g/mol. The summed E-state index contributed by atoms with van der Waals surface area (Å²) in [6.45, 7) is 1.48. The predicted octanol–water partition coefficient (Wildman–Crippen LogP) is 1.75. The van der Waals surface area contributed by atoms with Gasteiger partial charge in [-0.05, 0) is 12.1 Å². The van der Waals surface area contributed by atoms with Crippen LogP contribution in [0.3, 0.4) is 0 Å². The van der Waals surface area contributed by atoms with Crippen molar-refractivity contribution in [3.8, 4) is 11.5 Å². The number of hydrogen-bond donors (Lipinski definition) is 2. The van der Waals surface area contributed by atoms with Crippen molar-refractivity contribution >= 4 is 17.6 Å². The van der Waals surface area contributed by atoms with Crippen molar-refractivity contribution in [2.75, 3.05) is 19.5 Å². The van der Waals surface area contributed by atoms with E-state index in [2.05, 4.69) is 5.32 Å². The van der Waals surface area contributed by atoms with E-state index in [1.807, 2.05) is 0 Å². The number of amides is 1. The molecule has 0 saturated carbocycles. The molecular formula is C13H17NO5.